The molecule has 0 aliphatic carbocycles. The molecular formula is C11H11F3N2O. The van der Waals surface area contributed by atoms with E-state index in [0.717, 1.165) is 6.07 Å². The molecule has 0 bridgehead atoms. The molecule has 0 atom stereocenters. The van der Waals surface area contributed by atoms with Gasteiger partial charge in [0.1, 0.15) is 5.56 Å². The van der Waals surface area contributed by atoms with Crippen LogP contribution in [0.15, 0.2) is 17.1 Å². The van der Waals surface area contributed by atoms with E-state index in [-0.39, 0.29) is 5.56 Å². The van der Waals surface area contributed by atoms with Gasteiger partial charge in [-0.1, -0.05) is 11.8 Å². The first-order valence-electron chi connectivity index (χ1n) is 4.88. The van der Waals surface area contributed by atoms with Crippen molar-refractivity contribution in [1.82, 2.24) is 10.3 Å². The van der Waals surface area contributed by atoms with Crippen LogP contribution in [-0.2, 0) is 6.18 Å². The lowest BCUT2D eigenvalue weighted by atomic mass is 10.2. The van der Waals surface area contributed by atoms with E-state index in [4.69, 9.17) is 0 Å². The molecule has 3 nitrogen and oxygen atoms in total. The predicted octanol–water partition coefficient (Wildman–Crippen LogP) is 1.35. The number of nitrogens with one attached hydrogen (secondary N) is 2. The maximum absolute atomic E-state index is 12.4. The minimum Gasteiger partial charge on any atom is -0.327 e. The first-order valence-corrected chi connectivity index (χ1v) is 4.88. The van der Waals surface area contributed by atoms with Crippen molar-refractivity contribution in [2.45, 2.75) is 12.6 Å². The molecule has 0 spiro atoms. The highest BCUT2D eigenvalue weighted by atomic mass is 19.4. The number of alkyl halides is 3. The number of H-pyrrole nitrogens is 1. The minimum absolute atomic E-state index is 0.146. The van der Waals surface area contributed by atoms with Crippen LogP contribution in [0.5, 0.6) is 0 Å². The van der Waals surface area contributed by atoms with E-state index in [1.165, 1.54) is 6.20 Å². The van der Waals surface area contributed by atoms with Crippen molar-refractivity contribution in [3.63, 3.8) is 0 Å². The van der Waals surface area contributed by atoms with Gasteiger partial charge in [-0.25, -0.2) is 0 Å². The topological polar surface area (TPSA) is 44.9 Å². The Balaban J connectivity index is 2.96. The zero-order valence-corrected chi connectivity index (χ0v) is 9.11. The van der Waals surface area contributed by atoms with Crippen molar-refractivity contribution in [3.05, 3.63) is 33.7 Å². The summed E-state index contributed by atoms with van der Waals surface area (Å²) in [5.41, 5.74) is -2.23. The largest absolute Gasteiger partial charge is 0.421 e. The first-order chi connectivity index (χ1) is 7.95. The Bertz CT molecular complexity index is 494. The SMILES string of the molecule is CNCCC#Cc1c[nH]c(=O)c(C(F)(F)F)c1. The summed E-state index contributed by atoms with van der Waals surface area (Å²) in [6.07, 6.45) is -2.96. The Hall–Kier alpha value is -1.74. The third kappa shape index (κ3) is 3.96. The van der Waals surface area contributed by atoms with Crippen LogP contribution in [0.25, 0.3) is 0 Å². The van der Waals surface area contributed by atoms with Gasteiger partial charge in [-0.3, -0.25) is 4.79 Å². The Morgan fingerprint density at radius 2 is 2.18 bits per heavy atom. The standard InChI is InChI=1S/C11H11F3N2O/c1-15-5-3-2-4-8-6-9(11(12,13)14)10(17)16-7-8/h6-7,15H,3,5H2,1H3,(H,16,17). The van der Waals surface area contributed by atoms with E-state index in [1.54, 1.807) is 7.05 Å². The molecule has 0 saturated heterocycles. The number of aromatic amines is 1. The molecule has 0 unspecified atom stereocenters. The Labute approximate surface area is 96.0 Å². The summed E-state index contributed by atoms with van der Waals surface area (Å²) in [7, 11) is 1.75. The van der Waals surface area contributed by atoms with E-state index in [2.05, 4.69) is 17.2 Å². The van der Waals surface area contributed by atoms with Crippen LogP contribution < -0.4 is 10.9 Å². The second kappa shape index (κ2) is 5.55. The molecule has 2 N–H and O–H groups in total. The number of rotatable bonds is 2. The van der Waals surface area contributed by atoms with Crippen LogP contribution in [0.4, 0.5) is 13.2 Å². The van der Waals surface area contributed by atoms with Gasteiger partial charge < -0.3 is 10.3 Å². The monoisotopic (exact) mass is 244 g/mol. The smallest absolute Gasteiger partial charge is 0.327 e. The lowest BCUT2D eigenvalue weighted by Crippen LogP contribution is -2.21. The van der Waals surface area contributed by atoms with Crippen molar-refractivity contribution in [2.75, 3.05) is 13.6 Å². The molecule has 0 fully saturated rings. The number of aromatic nitrogens is 1. The predicted molar refractivity (Wildman–Crippen MR) is 57.5 cm³/mol. The van der Waals surface area contributed by atoms with Crippen LogP contribution in [0, 0.1) is 11.8 Å². The molecule has 0 aromatic carbocycles. The molecule has 1 aromatic rings. The van der Waals surface area contributed by atoms with Crippen LogP contribution >= 0.6 is 0 Å². The van der Waals surface area contributed by atoms with Crippen molar-refractivity contribution < 1.29 is 13.2 Å². The first kappa shape index (κ1) is 13.3. The van der Waals surface area contributed by atoms with Crippen molar-refractivity contribution >= 4 is 0 Å². The third-order valence-corrected chi connectivity index (χ3v) is 1.94. The van der Waals surface area contributed by atoms with Gasteiger partial charge >= 0.3 is 6.18 Å². The molecule has 92 valence electrons. The van der Waals surface area contributed by atoms with E-state index >= 15 is 0 Å². The second-order valence-corrected chi connectivity index (χ2v) is 3.28. The Kier molecular flexibility index (Phi) is 4.35. The molecule has 0 amide bonds. The summed E-state index contributed by atoms with van der Waals surface area (Å²) in [6.45, 7) is 0.655. The van der Waals surface area contributed by atoms with Crippen LogP contribution in [-0.4, -0.2) is 18.6 Å². The summed E-state index contributed by atoms with van der Waals surface area (Å²) in [5.74, 6) is 5.26. The fourth-order valence-electron chi connectivity index (χ4n) is 1.12. The molecule has 0 radical (unpaired) electrons. The van der Waals surface area contributed by atoms with Crippen LogP contribution in [0.1, 0.15) is 17.5 Å². The van der Waals surface area contributed by atoms with Gasteiger partial charge in [0, 0.05) is 24.7 Å². The highest BCUT2D eigenvalue weighted by Crippen LogP contribution is 2.26. The summed E-state index contributed by atoms with van der Waals surface area (Å²) in [5, 5.41) is 2.86. The van der Waals surface area contributed by atoms with Crippen molar-refractivity contribution in [2.24, 2.45) is 0 Å². The Morgan fingerprint density at radius 1 is 1.47 bits per heavy atom. The van der Waals surface area contributed by atoms with E-state index < -0.39 is 17.3 Å². The number of halogens is 3. The van der Waals surface area contributed by atoms with E-state index in [1.807, 2.05) is 4.98 Å². The van der Waals surface area contributed by atoms with Gasteiger partial charge in [-0.05, 0) is 13.1 Å². The number of hydrogen-bond donors (Lipinski definition) is 2. The molecule has 0 aliphatic heterocycles. The van der Waals surface area contributed by atoms with Crippen LogP contribution in [0.2, 0.25) is 0 Å². The average molecular weight is 244 g/mol. The van der Waals surface area contributed by atoms with E-state index in [0.29, 0.717) is 13.0 Å². The van der Waals surface area contributed by atoms with E-state index in [9.17, 15) is 18.0 Å². The molecule has 0 saturated carbocycles. The third-order valence-electron chi connectivity index (χ3n) is 1.94. The summed E-state index contributed by atoms with van der Waals surface area (Å²) in [4.78, 5) is 13.0. The fourth-order valence-corrected chi connectivity index (χ4v) is 1.12. The zero-order valence-electron chi connectivity index (χ0n) is 9.11. The van der Waals surface area contributed by atoms with Gasteiger partial charge in [0.15, 0.2) is 0 Å². The lowest BCUT2D eigenvalue weighted by molar-refractivity contribution is -0.138. The maximum atomic E-state index is 12.4. The van der Waals surface area contributed by atoms with Gasteiger partial charge in [0.05, 0.1) is 0 Å². The quantitative estimate of drug-likeness (QED) is 0.609. The zero-order chi connectivity index (χ0) is 12.9. The summed E-state index contributed by atoms with van der Waals surface area (Å²) >= 11 is 0. The molecule has 1 aromatic heterocycles. The normalized spacial score (nSPS) is 10.8. The molecular weight excluding hydrogens is 233 g/mol. The second-order valence-electron chi connectivity index (χ2n) is 3.28. The molecule has 6 heteroatoms. The van der Waals surface area contributed by atoms with Gasteiger partial charge in [0.2, 0.25) is 0 Å². The molecule has 17 heavy (non-hydrogen) atoms. The summed E-state index contributed by atoms with van der Waals surface area (Å²) in [6, 6.07) is 0.755. The van der Waals surface area contributed by atoms with Crippen LogP contribution in [0.3, 0.4) is 0 Å². The van der Waals surface area contributed by atoms with Gasteiger partial charge in [-0.2, -0.15) is 13.2 Å². The lowest BCUT2D eigenvalue weighted by Gasteiger charge is -2.04. The summed E-state index contributed by atoms with van der Waals surface area (Å²) < 4.78 is 37.2. The maximum Gasteiger partial charge on any atom is 0.421 e. The van der Waals surface area contributed by atoms with Gasteiger partial charge in [-0.15, -0.1) is 0 Å². The highest BCUT2D eigenvalue weighted by Gasteiger charge is 2.33. The Morgan fingerprint density at radius 3 is 2.76 bits per heavy atom. The average Bonchev–Trinajstić information content (AvgIpc) is 2.25. The number of hydrogen-bond acceptors (Lipinski definition) is 2. The van der Waals surface area contributed by atoms with Gasteiger partial charge in [0.25, 0.3) is 5.56 Å². The molecule has 1 heterocycles. The number of pyridine rings is 1. The molecule has 1 rings (SSSR count). The fraction of sp³-hybridized carbons (Fsp3) is 0.364. The molecule has 0 aliphatic rings. The highest BCUT2D eigenvalue weighted by molar-refractivity contribution is 5.35. The minimum atomic E-state index is -4.66. The van der Waals surface area contributed by atoms with Crippen molar-refractivity contribution in [3.8, 4) is 11.8 Å². The van der Waals surface area contributed by atoms with Crippen molar-refractivity contribution in [1.29, 1.82) is 0 Å².